The van der Waals surface area contributed by atoms with Crippen LogP contribution >= 0.6 is 11.3 Å². The molecule has 4 heterocycles. The van der Waals surface area contributed by atoms with E-state index in [9.17, 15) is 4.79 Å². The predicted molar refractivity (Wildman–Crippen MR) is 95.8 cm³/mol. The average molecular weight is 354 g/mol. The van der Waals surface area contributed by atoms with Gasteiger partial charge in [-0.1, -0.05) is 5.21 Å². The van der Waals surface area contributed by atoms with Gasteiger partial charge >= 0.3 is 0 Å². The molecule has 3 aromatic heterocycles. The molecule has 1 aliphatic heterocycles. The van der Waals surface area contributed by atoms with Crippen molar-refractivity contribution in [1.29, 1.82) is 0 Å². The van der Waals surface area contributed by atoms with Crippen LogP contribution in [0.3, 0.4) is 0 Å². The lowest BCUT2D eigenvalue weighted by molar-refractivity contribution is -0.127. The van der Waals surface area contributed by atoms with Crippen LogP contribution in [0.15, 0.2) is 41.6 Å². The summed E-state index contributed by atoms with van der Waals surface area (Å²) in [5.41, 5.74) is 2.84. The number of piperidine rings is 1. The maximum Gasteiger partial charge on any atom is 0.246 e. The van der Waals surface area contributed by atoms with Gasteiger partial charge in [0.1, 0.15) is 5.69 Å². The minimum atomic E-state index is 0.0330. The molecule has 1 fully saturated rings. The Balaban J connectivity index is 1.34. The normalized spacial score (nSPS) is 15.9. The second kappa shape index (κ2) is 7.02. The summed E-state index contributed by atoms with van der Waals surface area (Å²) in [4.78, 5) is 21.0. The summed E-state index contributed by atoms with van der Waals surface area (Å²) in [6.45, 7) is 1.45. The van der Waals surface area contributed by atoms with E-state index >= 15 is 0 Å². The molecule has 0 bridgehead atoms. The predicted octanol–water partition coefficient (Wildman–Crippen LogP) is 2.61. The number of aromatic nitrogens is 5. The van der Waals surface area contributed by atoms with Crippen LogP contribution < -0.4 is 0 Å². The minimum Gasteiger partial charge on any atom is -0.345 e. The number of aromatic amines is 1. The van der Waals surface area contributed by atoms with E-state index in [-0.39, 0.29) is 5.91 Å². The van der Waals surface area contributed by atoms with E-state index in [0.717, 1.165) is 42.9 Å². The Kier molecular flexibility index (Phi) is 4.43. The van der Waals surface area contributed by atoms with Crippen LogP contribution in [0.4, 0.5) is 0 Å². The Bertz CT molecular complexity index is 844. The van der Waals surface area contributed by atoms with Gasteiger partial charge in [-0.2, -0.15) is 11.3 Å². The molecular weight excluding hydrogens is 336 g/mol. The van der Waals surface area contributed by atoms with Crippen molar-refractivity contribution in [1.82, 2.24) is 29.9 Å². The van der Waals surface area contributed by atoms with Crippen molar-refractivity contribution in [2.45, 2.75) is 18.9 Å². The van der Waals surface area contributed by atoms with Crippen molar-refractivity contribution < 1.29 is 4.79 Å². The summed E-state index contributed by atoms with van der Waals surface area (Å²) < 4.78 is 1.94. The highest BCUT2D eigenvalue weighted by atomic mass is 32.1. The van der Waals surface area contributed by atoms with Crippen LogP contribution in [-0.4, -0.2) is 48.9 Å². The number of hydrogen-bond acceptors (Lipinski definition) is 5. The van der Waals surface area contributed by atoms with Crippen LogP contribution in [0.5, 0.6) is 0 Å². The number of hydrogen-bond donors (Lipinski definition) is 1. The average Bonchev–Trinajstić information content (AvgIpc) is 3.42. The fourth-order valence-electron chi connectivity index (χ4n) is 2.97. The Morgan fingerprint density at radius 1 is 1.36 bits per heavy atom. The van der Waals surface area contributed by atoms with Gasteiger partial charge in [-0.3, -0.25) is 4.79 Å². The molecule has 25 heavy (non-hydrogen) atoms. The fourth-order valence-corrected chi connectivity index (χ4v) is 3.62. The quantitative estimate of drug-likeness (QED) is 0.731. The number of amides is 1. The third-order valence-electron chi connectivity index (χ3n) is 4.40. The summed E-state index contributed by atoms with van der Waals surface area (Å²) in [5, 5.41) is 12.7. The van der Waals surface area contributed by atoms with Gasteiger partial charge in [0.2, 0.25) is 5.91 Å². The van der Waals surface area contributed by atoms with Crippen molar-refractivity contribution >= 4 is 23.3 Å². The lowest BCUT2D eigenvalue weighted by atomic mass is 10.1. The van der Waals surface area contributed by atoms with Gasteiger partial charge in [-0.05, 0) is 30.4 Å². The van der Waals surface area contributed by atoms with Crippen LogP contribution in [0.2, 0.25) is 0 Å². The first kappa shape index (κ1) is 15.8. The van der Waals surface area contributed by atoms with E-state index in [1.165, 1.54) is 0 Å². The maximum atomic E-state index is 12.3. The summed E-state index contributed by atoms with van der Waals surface area (Å²) in [7, 11) is 0. The standard InChI is InChI=1S/C17H18N6OS/c24-17(2-1-14-9-18-12-19-14)22-6-3-15(4-7-22)23-10-16(20-21-23)13-5-8-25-11-13/h1-2,5,8-12,15H,3-4,6-7H2,(H,18,19)/b2-1+. The highest BCUT2D eigenvalue weighted by molar-refractivity contribution is 7.08. The molecule has 0 spiro atoms. The first-order valence-electron chi connectivity index (χ1n) is 8.19. The van der Waals surface area contributed by atoms with E-state index in [4.69, 9.17) is 0 Å². The number of rotatable bonds is 4. The lowest BCUT2D eigenvalue weighted by Gasteiger charge is -2.31. The van der Waals surface area contributed by atoms with Crippen LogP contribution in [0.25, 0.3) is 17.3 Å². The molecule has 0 aliphatic carbocycles. The minimum absolute atomic E-state index is 0.0330. The molecule has 128 valence electrons. The number of nitrogens with zero attached hydrogens (tertiary/aromatic N) is 5. The van der Waals surface area contributed by atoms with Gasteiger partial charge in [-0.25, -0.2) is 9.67 Å². The molecule has 1 aliphatic rings. The molecule has 8 heteroatoms. The summed E-state index contributed by atoms with van der Waals surface area (Å²) >= 11 is 1.65. The van der Waals surface area contributed by atoms with E-state index in [1.54, 1.807) is 36.0 Å². The largest absolute Gasteiger partial charge is 0.345 e. The third-order valence-corrected chi connectivity index (χ3v) is 5.09. The van der Waals surface area contributed by atoms with Crippen molar-refractivity contribution in [2.24, 2.45) is 0 Å². The maximum absolute atomic E-state index is 12.3. The second-order valence-electron chi connectivity index (χ2n) is 5.99. The van der Waals surface area contributed by atoms with E-state index in [1.807, 2.05) is 27.2 Å². The summed E-state index contributed by atoms with van der Waals surface area (Å²) in [6, 6.07) is 2.34. The van der Waals surface area contributed by atoms with Crippen LogP contribution in [0, 0.1) is 0 Å². The van der Waals surface area contributed by atoms with Crippen molar-refractivity contribution in [3.8, 4) is 11.3 Å². The first-order valence-corrected chi connectivity index (χ1v) is 9.13. The number of likely N-dealkylation sites (tertiary alicyclic amines) is 1. The van der Waals surface area contributed by atoms with E-state index in [0.29, 0.717) is 6.04 Å². The Hall–Kier alpha value is -2.74. The lowest BCUT2D eigenvalue weighted by Crippen LogP contribution is -2.38. The number of carbonyl (C=O) groups is 1. The van der Waals surface area contributed by atoms with Gasteiger partial charge in [0.05, 0.1) is 30.5 Å². The molecule has 3 aromatic rings. The molecular formula is C17H18N6OS. The second-order valence-corrected chi connectivity index (χ2v) is 6.77. The van der Waals surface area contributed by atoms with Gasteiger partial charge in [0.25, 0.3) is 0 Å². The molecule has 0 aromatic carbocycles. The number of nitrogens with one attached hydrogen (secondary N) is 1. The van der Waals surface area contributed by atoms with Crippen LogP contribution in [0.1, 0.15) is 24.6 Å². The Labute approximate surface area is 149 Å². The summed E-state index contributed by atoms with van der Waals surface area (Å²) in [6.07, 6.45) is 10.4. The molecule has 4 rings (SSSR count). The summed E-state index contributed by atoms with van der Waals surface area (Å²) in [5.74, 6) is 0.0330. The Morgan fingerprint density at radius 3 is 2.96 bits per heavy atom. The number of thiophene rings is 1. The zero-order valence-electron chi connectivity index (χ0n) is 13.6. The zero-order valence-corrected chi connectivity index (χ0v) is 14.4. The van der Waals surface area contributed by atoms with Crippen molar-refractivity contribution in [3.05, 3.63) is 47.3 Å². The monoisotopic (exact) mass is 354 g/mol. The van der Waals surface area contributed by atoms with Gasteiger partial charge < -0.3 is 9.88 Å². The van der Waals surface area contributed by atoms with Crippen molar-refractivity contribution in [2.75, 3.05) is 13.1 Å². The highest BCUT2D eigenvalue weighted by Gasteiger charge is 2.23. The van der Waals surface area contributed by atoms with Gasteiger partial charge in [-0.15, -0.1) is 5.10 Å². The number of imidazole rings is 1. The molecule has 7 nitrogen and oxygen atoms in total. The first-order chi connectivity index (χ1) is 12.3. The number of carbonyl (C=O) groups excluding carboxylic acids is 1. The van der Waals surface area contributed by atoms with Crippen molar-refractivity contribution in [3.63, 3.8) is 0 Å². The Morgan fingerprint density at radius 2 is 2.24 bits per heavy atom. The topological polar surface area (TPSA) is 79.7 Å². The zero-order chi connectivity index (χ0) is 17.1. The van der Waals surface area contributed by atoms with Gasteiger partial charge in [0, 0.05) is 30.1 Å². The molecule has 1 saturated heterocycles. The number of H-pyrrole nitrogens is 1. The van der Waals surface area contributed by atoms with Crippen LogP contribution in [-0.2, 0) is 4.79 Å². The SMILES string of the molecule is O=C(/C=C/c1cnc[nH]1)N1CCC(n2cc(-c3ccsc3)nn2)CC1. The molecule has 0 saturated carbocycles. The highest BCUT2D eigenvalue weighted by Crippen LogP contribution is 2.25. The molecule has 0 unspecified atom stereocenters. The fraction of sp³-hybridized carbons (Fsp3) is 0.294. The van der Waals surface area contributed by atoms with E-state index < -0.39 is 0 Å². The third kappa shape index (κ3) is 3.53. The molecule has 1 amide bonds. The molecule has 0 radical (unpaired) electrons. The molecule has 0 atom stereocenters. The molecule has 1 N–H and O–H groups in total. The van der Waals surface area contributed by atoms with Gasteiger partial charge in [0.15, 0.2) is 0 Å². The van der Waals surface area contributed by atoms with E-state index in [2.05, 4.69) is 25.7 Å². The smallest absolute Gasteiger partial charge is 0.246 e.